The Morgan fingerprint density at radius 2 is 1.35 bits per heavy atom. The van der Waals surface area contributed by atoms with Gasteiger partial charge in [0.05, 0.1) is 18.8 Å². The molecule has 0 aromatic heterocycles. The van der Waals surface area contributed by atoms with E-state index in [1.807, 2.05) is 0 Å². The second-order valence-corrected chi connectivity index (χ2v) is 6.77. The fourth-order valence-corrected chi connectivity index (χ4v) is 2.23. The van der Waals surface area contributed by atoms with Crippen LogP contribution in [0.3, 0.4) is 0 Å². The van der Waals surface area contributed by atoms with Gasteiger partial charge in [0, 0.05) is 6.07 Å². The van der Waals surface area contributed by atoms with Crippen LogP contribution in [-0.4, -0.2) is 24.3 Å². The van der Waals surface area contributed by atoms with E-state index in [1.165, 1.54) is 0 Å². The molecule has 4 heteroatoms. The highest BCUT2D eigenvalue weighted by molar-refractivity contribution is 5.88. The van der Waals surface area contributed by atoms with E-state index >= 15 is 0 Å². The Kier molecular flexibility index (Phi) is 8.52. The number of carboxylic acid groups (broad SMARTS) is 1. The van der Waals surface area contributed by atoms with Crippen molar-refractivity contribution in [1.29, 1.82) is 0 Å². The smallest absolute Gasteiger partial charge is 0.335 e. The standard InChI is InChI=1S/C19H30O4/c1-14(2)7-5-9-22-17-11-16(19(20)21)12-18(13-17)23-10-6-8-15(3)4/h11-15H,5-10H2,1-4H3,(H,20,21). The second kappa shape index (κ2) is 10.1. The largest absolute Gasteiger partial charge is 0.493 e. The summed E-state index contributed by atoms with van der Waals surface area (Å²) >= 11 is 0. The average molecular weight is 322 g/mol. The molecule has 0 amide bonds. The number of carbonyl (C=O) groups is 1. The molecule has 0 fully saturated rings. The second-order valence-electron chi connectivity index (χ2n) is 6.77. The van der Waals surface area contributed by atoms with Crippen molar-refractivity contribution < 1.29 is 19.4 Å². The Bertz CT molecular complexity index is 446. The van der Waals surface area contributed by atoms with Crippen LogP contribution in [0.25, 0.3) is 0 Å². The van der Waals surface area contributed by atoms with Crippen LogP contribution in [-0.2, 0) is 0 Å². The molecule has 0 unspecified atom stereocenters. The first kappa shape index (κ1) is 19.3. The fourth-order valence-electron chi connectivity index (χ4n) is 2.23. The molecular weight excluding hydrogens is 292 g/mol. The minimum absolute atomic E-state index is 0.199. The van der Waals surface area contributed by atoms with Crippen LogP contribution < -0.4 is 9.47 Å². The first-order valence-corrected chi connectivity index (χ1v) is 8.52. The number of hydrogen-bond acceptors (Lipinski definition) is 3. The lowest BCUT2D eigenvalue weighted by Gasteiger charge is -2.12. The normalized spacial score (nSPS) is 11.0. The van der Waals surface area contributed by atoms with Gasteiger partial charge in [-0.25, -0.2) is 4.79 Å². The summed E-state index contributed by atoms with van der Waals surface area (Å²) in [5.41, 5.74) is 0.199. The Balaban J connectivity index is 2.60. The van der Waals surface area contributed by atoms with E-state index in [1.54, 1.807) is 18.2 Å². The molecule has 0 aliphatic carbocycles. The molecule has 130 valence electrons. The highest BCUT2D eigenvalue weighted by Gasteiger charge is 2.09. The van der Waals surface area contributed by atoms with Gasteiger partial charge in [0.15, 0.2) is 0 Å². The van der Waals surface area contributed by atoms with Crippen molar-refractivity contribution in [3.05, 3.63) is 23.8 Å². The Morgan fingerprint density at radius 3 is 1.70 bits per heavy atom. The summed E-state index contributed by atoms with van der Waals surface area (Å²) in [6, 6.07) is 4.88. The molecule has 0 spiro atoms. The van der Waals surface area contributed by atoms with Gasteiger partial charge in [0.25, 0.3) is 0 Å². The van der Waals surface area contributed by atoms with Gasteiger partial charge < -0.3 is 14.6 Å². The van der Waals surface area contributed by atoms with Crippen molar-refractivity contribution in [3.8, 4) is 11.5 Å². The molecule has 0 saturated heterocycles. The summed E-state index contributed by atoms with van der Waals surface area (Å²) in [6.45, 7) is 9.88. The van der Waals surface area contributed by atoms with E-state index in [4.69, 9.17) is 9.47 Å². The van der Waals surface area contributed by atoms with Gasteiger partial charge in [-0.15, -0.1) is 0 Å². The third kappa shape index (κ3) is 8.48. The summed E-state index contributed by atoms with van der Waals surface area (Å²) in [4.78, 5) is 11.2. The summed E-state index contributed by atoms with van der Waals surface area (Å²) in [5.74, 6) is 1.44. The van der Waals surface area contributed by atoms with E-state index in [0.717, 1.165) is 25.7 Å². The molecule has 0 heterocycles. The third-order valence-corrected chi connectivity index (χ3v) is 3.52. The van der Waals surface area contributed by atoms with E-state index in [0.29, 0.717) is 36.5 Å². The van der Waals surface area contributed by atoms with Gasteiger partial charge in [0.2, 0.25) is 0 Å². The topological polar surface area (TPSA) is 55.8 Å². The number of hydrogen-bond donors (Lipinski definition) is 1. The highest BCUT2D eigenvalue weighted by atomic mass is 16.5. The average Bonchev–Trinajstić information content (AvgIpc) is 2.47. The number of rotatable bonds is 11. The van der Waals surface area contributed by atoms with Crippen molar-refractivity contribution in [1.82, 2.24) is 0 Å². The van der Waals surface area contributed by atoms with Gasteiger partial charge in [-0.05, 0) is 49.7 Å². The van der Waals surface area contributed by atoms with Crippen LogP contribution in [0.5, 0.6) is 11.5 Å². The molecule has 0 bridgehead atoms. The van der Waals surface area contributed by atoms with Gasteiger partial charge in [-0.1, -0.05) is 27.7 Å². The SMILES string of the molecule is CC(C)CCCOc1cc(OCCCC(C)C)cc(C(=O)O)c1. The van der Waals surface area contributed by atoms with Crippen molar-refractivity contribution in [3.63, 3.8) is 0 Å². The molecule has 1 rings (SSSR count). The predicted octanol–water partition coefficient (Wildman–Crippen LogP) is 5.01. The Hall–Kier alpha value is -1.71. The van der Waals surface area contributed by atoms with Crippen molar-refractivity contribution in [2.45, 2.75) is 53.4 Å². The van der Waals surface area contributed by atoms with Gasteiger partial charge >= 0.3 is 5.97 Å². The molecule has 0 aliphatic heterocycles. The zero-order valence-electron chi connectivity index (χ0n) is 14.8. The number of carboxylic acids is 1. The molecule has 0 aliphatic rings. The minimum Gasteiger partial charge on any atom is -0.493 e. The maximum absolute atomic E-state index is 11.2. The van der Waals surface area contributed by atoms with Crippen LogP contribution in [0.15, 0.2) is 18.2 Å². The van der Waals surface area contributed by atoms with Crippen LogP contribution in [0.4, 0.5) is 0 Å². The molecule has 4 nitrogen and oxygen atoms in total. The van der Waals surface area contributed by atoms with Crippen LogP contribution in [0, 0.1) is 11.8 Å². The van der Waals surface area contributed by atoms with Crippen LogP contribution in [0.2, 0.25) is 0 Å². The van der Waals surface area contributed by atoms with Crippen LogP contribution >= 0.6 is 0 Å². The van der Waals surface area contributed by atoms with Gasteiger partial charge in [0.1, 0.15) is 11.5 Å². The quantitative estimate of drug-likeness (QED) is 0.581. The van der Waals surface area contributed by atoms with E-state index < -0.39 is 5.97 Å². The lowest BCUT2D eigenvalue weighted by atomic mass is 10.1. The summed E-state index contributed by atoms with van der Waals surface area (Å²) in [5, 5.41) is 9.21. The highest BCUT2D eigenvalue weighted by Crippen LogP contribution is 2.24. The number of aromatic carboxylic acids is 1. The zero-order valence-corrected chi connectivity index (χ0v) is 14.8. The number of benzene rings is 1. The molecule has 23 heavy (non-hydrogen) atoms. The van der Waals surface area contributed by atoms with E-state index in [-0.39, 0.29) is 5.56 Å². The lowest BCUT2D eigenvalue weighted by Crippen LogP contribution is -2.04. The van der Waals surface area contributed by atoms with Gasteiger partial charge in [-0.2, -0.15) is 0 Å². The maximum atomic E-state index is 11.2. The van der Waals surface area contributed by atoms with E-state index in [2.05, 4.69) is 27.7 Å². The van der Waals surface area contributed by atoms with Crippen molar-refractivity contribution in [2.75, 3.05) is 13.2 Å². The summed E-state index contributed by atoms with van der Waals surface area (Å²) in [7, 11) is 0. The first-order valence-electron chi connectivity index (χ1n) is 8.52. The zero-order chi connectivity index (χ0) is 17.2. The first-order chi connectivity index (χ1) is 10.9. The van der Waals surface area contributed by atoms with Crippen LogP contribution in [0.1, 0.15) is 63.7 Å². The van der Waals surface area contributed by atoms with Gasteiger partial charge in [-0.3, -0.25) is 0 Å². The summed E-state index contributed by atoms with van der Waals surface area (Å²) in [6.07, 6.45) is 4.10. The molecule has 1 aromatic rings. The maximum Gasteiger partial charge on any atom is 0.335 e. The minimum atomic E-state index is -0.968. The predicted molar refractivity (Wildman–Crippen MR) is 92.5 cm³/mol. The van der Waals surface area contributed by atoms with Crippen molar-refractivity contribution >= 4 is 5.97 Å². The molecule has 0 saturated carbocycles. The monoisotopic (exact) mass is 322 g/mol. The summed E-state index contributed by atoms with van der Waals surface area (Å²) < 4.78 is 11.4. The fraction of sp³-hybridized carbons (Fsp3) is 0.632. The van der Waals surface area contributed by atoms with E-state index in [9.17, 15) is 9.90 Å². The molecule has 1 aromatic carbocycles. The molecule has 0 radical (unpaired) electrons. The molecule has 1 N–H and O–H groups in total. The molecule has 0 atom stereocenters. The lowest BCUT2D eigenvalue weighted by molar-refractivity contribution is 0.0695. The van der Waals surface area contributed by atoms with Crippen molar-refractivity contribution in [2.24, 2.45) is 11.8 Å². The Labute approximate surface area is 139 Å². The third-order valence-electron chi connectivity index (χ3n) is 3.52. The Morgan fingerprint density at radius 1 is 0.913 bits per heavy atom. The molecular formula is C19H30O4. The number of ether oxygens (including phenoxy) is 2.